The number of anilines is 1. The van der Waals surface area contributed by atoms with Crippen LogP contribution in [0.4, 0.5) is 5.69 Å². The summed E-state index contributed by atoms with van der Waals surface area (Å²) in [6.45, 7) is 6.28. The highest BCUT2D eigenvalue weighted by Crippen LogP contribution is 2.20. The number of nitrogens with zero attached hydrogens (tertiary/aromatic N) is 2. The fourth-order valence-electron chi connectivity index (χ4n) is 2.96. The average Bonchev–Trinajstić information content (AvgIpc) is 3.19. The molecule has 0 spiro atoms. The van der Waals surface area contributed by atoms with Gasteiger partial charge >= 0.3 is 0 Å². The predicted molar refractivity (Wildman–Crippen MR) is 95.4 cm³/mol. The summed E-state index contributed by atoms with van der Waals surface area (Å²) in [5, 5.41) is 3.06. The average molecular weight is 329 g/mol. The van der Waals surface area contributed by atoms with Gasteiger partial charge in [0.25, 0.3) is 5.91 Å². The molecule has 0 aromatic carbocycles. The van der Waals surface area contributed by atoms with Gasteiger partial charge in [-0.15, -0.1) is 11.3 Å². The van der Waals surface area contributed by atoms with Crippen molar-refractivity contribution in [2.45, 2.75) is 39.2 Å². The van der Waals surface area contributed by atoms with Gasteiger partial charge in [-0.1, -0.05) is 0 Å². The Labute approximate surface area is 141 Å². The van der Waals surface area contributed by atoms with Crippen molar-refractivity contribution in [1.82, 2.24) is 10.3 Å². The van der Waals surface area contributed by atoms with Gasteiger partial charge in [-0.25, -0.2) is 0 Å². The highest BCUT2D eigenvalue weighted by atomic mass is 32.1. The lowest BCUT2D eigenvalue weighted by Gasteiger charge is -2.18. The summed E-state index contributed by atoms with van der Waals surface area (Å²) in [5.41, 5.74) is 1.60. The zero-order chi connectivity index (χ0) is 16.2. The van der Waals surface area contributed by atoms with E-state index in [2.05, 4.69) is 34.3 Å². The quantitative estimate of drug-likeness (QED) is 0.914. The van der Waals surface area contributed by atoms with Crippen molar-refractivity contribution in [3.05, 3.63) is 45.9 Å². The molecule has 3 heterocycles. The van der Waals surface area contributed by atoms with Crippen LogP contribution in [0.2, 0.25) is 0 Å². The minimum absolute atomic E-state index is 0.0909. The lowest BCUT2D eigenvalue weighted by Crippen LogP contribution is -2.34. The summed E-state index contributed by atoms with van der Waals surface area (Å²) in [7, 11) is 0. The molecule has 0 aliphatic carbocycles. The van der Waals surface area contributed by atoms with Crippen LogP contribution in [0, 0.1) is 6.92 Å². The highest BCUT2D eigenvalue weighted by Gasteiger charge is 2.16. The van der Waals surface area contributed by atoms with Crippen LogP contribution in [0.25, 0.3) is 0 Å². The molecule has 122 valence electrons. The van der Waals surface area contributed by atoms with E-state index >= 15 is 0 Å². The Kier molecular flexibility index (Phi) is 4.96. The molecule has 1 aliphatic heterocycles. The number of hydrogen-bond donors (Lipinski definition) is 1. The Morgan fingerprint density at radius 2 is 2.13 bits per heavy atom. The van der Waals surface area contributed by atoms with Gasteiger partial charge < -0.3 is 10.2 Å². The first-order chi connectivity index (χ1) is 11.1. The second-order valence-electron chi connectivity index (χ2n) is 6.18. The van der Waals surface area contributed by atoms with Gasteiger partial charge in [0.15, 0.2) is 0 Å². The molecule has 0 radical (unpaired) electrons. The largest absolute Gasteiger partial charge is 0.371 e. The molecule has 1 unspecified atom stereocenters. The monoisotopic (exact) mass is 329 g/mol. The van der Waals surface area contributed by atoms with Crippen molar-refractivity contribution in [1.29, 1.82) is 0 Å². The maximum Gasteiger partial charge on any atom is 0.270 e. The molecule has 2 aromatic heterocycles. The predicted octanol–water partition coefficient (Wildman–Crippen LogP) is 3.41. The zero-order valence-corrected chi connectivity index (χ0v) is 14.5. The second kappa shape index (κ2) is 7.13. The SMILES string of the molecule is Cc1ccc(CC(C)NC(=O)c2cc(N3CCCC3)ccn2)s1. The Bertz CT molecular complexity index is 676. The number of nitrogens with one attached hydrogen (secondary N) is 1. The van der Waals surface area contributed by atoms with E-state index in [1.807, 2.05) is 19.1 Å². The van der Waals surface area contributed by atoms with Gasteiger partial charge in [0, 0.05) is 47.2 Å². The first-order valence-electron chi connectivity index (χ1n) is 8.19. The van der Waals surface area contributed by atoms with Crippen LogP contribution >= 0.6 is 11.3 Å². The van der Waals surface area contributed by atoms with Gasteiger partial charge in [0.1, 0.15) is 5.69 Å². The number of aromatic nitrogens is 1. The molecule has 1 fully saturated rings. The van der Waals surface area contributed by atoms with Crippen LogP contribution in [0.15, 0.2) is 30.5 Å². The van der Waals surface area contributed by atoms with Crippen LogP contribution < -0.4 is 10.2 Å². The third kappa shape index (κ3) is 4.10. The maximum atomic E-state index is 12.4. The van der Waals surface area contributed by atoms with E-state index in [1.54, 1.807) is 17.5 Å². The molecule has 5 heteroatoms. The van der Waals surface area contributed by atoms with Crippen LogP contribution in [-0.4, -0.2) is 30.0 Å². The van der Waals surface area contributed by atoms with Crippen LogP contribution in [-0.2, 0) is 6.42 Å². The second-order valence-corrected chi connectivity index (χ2v) is 7.56. The number of carbonyl (C=O) groups is 1. The smallest absolute Gasteiger partial charge is 0.270 e. The third-order valence-electron chi connectivity index (χ3n) is 4.13. The van der Waals surface area contributed by atoms with Crippen LogP contribution in [0.1, 0.15) is 40.0 Å². The Hall–Kier alpha value is -1.88. The van der Waals surface area contributed by atoms with E-state index in [-0.39, 0.29) is 11.9 Å². The van der Waals surface area contributed by atoms with E-state index in [1.165, 1.54) is 22.6 Å². The summed E-state index contributed by atoms with van der Waals surface area (Å²) < 4.78 is 0. The van der Waals surface area contributed by atoms with Gasteiger partial charge in [0.05, 0.1) is 0 Å². The molecular weight excluding hydrogens is 306 g/mol. The fraction of sp³-hybridized carbons (Fsp3) is 0.444. The van der Waals surface area contributed by atoms with Crippen molar-refractivity contribution >= 4 is 22.9 Å². The standard InChI is InChI=1S/C18H23N3OS/c1-13(11-16-6-5-14(2)23-16)20-18(22)17-12-15(7-8-19-17)21-9-3-4-10-21/h5-8,12-13H,3-4,9-11H2,1-2H3,(H,20,22). The van der Waals surface area contributed by atoms with Gasteiger partial charge in [-0.05, 0) is 51.0 Å². The molecule has 4 nitrogen and oxygen atoms in total. The number of pyridine rings is 1. The highest BCUT2D eigenvalue weighted by molar-refractivity contribution is 7.11. The summed E-state index contributed by atoms with van der Waals surface area (Å²) in [5.74, 6) is -0.0909. The molecule has 2 aromatic rings. The summed E-state index contributed by atoms with van der Waals surface area (Å²) >= 11 is 1.78. The van der Waals surface area contributed by atoms with Crippen LogP contribution in [0.5, 0.6) is 0 Å². The lowest BCUT2D eigenvalue weighted by molar-refractivity contribution is 0.0935. The van der Waals surface area contributed by atoms with E-state index in [0.29, 0.717) is 5.69 Å². The van der Waals surface area contributed by atoms with Crippen molar-refractivity contribution in [3.63, 3.8) is 0 Å². The van der Waals surface area contributed by atoms with E-state index in [4.69, 9.17) is 0 Å². The van der Waals surface area contributed by atoms with Crippen molar-refractivity contribution in [2.24, 2.45) is 0 Å². The molecule has 1 amide bonds. The summed E-state index contributed by atoms with van der Waals surface area (Å²) in [6.07, 6.45) is 5.04. The van der Waals surface area contributed by atoms with E-state index in [0.717, 1.165) is 25.2 Å². The number of rotatable bonds is 5. The van der Waals surface area contributed by atoms with Gasteiger partial charge in [0.2, 0.25) is 0 Å². The van der Waals surface area contributed by atoms with Crippen molar-refractivity contribution in [3.8, 4) is 0 Å². The van der Waals surface area contributed by atoms with E-state index < -0.39 is 0 Å². The first kappa shape index (κ1) is 16.0. The molecule has 3 rings (SSSR count). The number of hydrogen-bond acceptors (Lipinski definition) is 4. The molecule has 1 N–H and O–H groups in total. The lowest BCUT2D eigenvalue weighted by atomic mass is 10.2. The molecule has 0 saturated carbocycles. The van der Waals surface area contributed by atoms with E-state index in [9.17, 15) is 4.79 Å². The van der Waals surface area contributed by atoms with Crippen LogP contribution in [0.3, 0.4) is 0 Å². The molecule has 23 heavy (non-hydrogen) atoms. The Morgan fingerprint density at radius 1 is 1.35 bits per heavy atom. The minimum Gasteiger partial charge on any atom is -0.371 e. The Balaban J connectivity index is 1.62. The summed E-state index contributed by atoms with van der Waals surface area (Å²) in [4.78, 5) is 21.6. The first-order valence-corrected chi connectivity index (χ1v) is 9.00. The number of carbonyl (C=O) groups excluding carboxylic acids is 1. The van der Waals surface area contributed by atoms with Gasteiger partial charge in [-0.2, -0.15) is 0 Å². The normalized spacial score (nSPS) is 15.7. The minimum atomic E-state index is -0.0909. The topological polar surface area (TPSA) is 45.2 Å². The molecule has 1 saturated heterocycles. The van der Waals surface area contributed by atoms with Crippen molar-refractivity contribution < 1.29 is 4.79 Å². The fourth-order valence-corrected chi connectivity index (χ4v) is 3.98. The number of aryl methyl sites for hydroxylation is 1. The zero-order valence-electron chi connectivity index (χ0n) is 13.7. The Morgan fingerprint density at radius 3 is 2.83 bits per heavy atom. The molecule has 0 bridgehead atoms. The number of amides is 1. The van der Waals surface area contributed by atoms with Crippen molar-refractivity contribution in [2.75, 3.05) is 18.0 Å². The summed E-state index contributed by atoms with van der Waals surface area (Å²) in [6, 6.07) is 8.24. The molecule has 1 aliphatic rings. The number of thiophene rings is 1. The molecule has 1 atom stereocenters. The maximum absolute atomic E-state index is 12.4. The third-order valence-corrected chi connectivity index (χ3v) is 5.15. The molecular formula is C18H23N3OS. The van der Waals surface area contributed by atoms with Gasteiger partial charge in [-0.3, -0.25) is 9.78 Å².